The molecule has 0 unspecified atom stereocenters. The quantitative estimate of drug-likeness (QED) is 0.615. The normalized spacial score (nSPS) is 16.6. The standard InChI is InChI=1S/C9H19N.C5H12/c1-2-3-4-7-10-8-5-6-9-10;1-4-5(2)3/h2-9H2,1H3;5H,4H2,1-3H3. The first-order valence-electron chi connectivity index (χ1n) is 6.93. The lowest BCUT2D eigenvalue weighted by atomic mass is 10.2. The molecule has 0 spiro atoms. The summed E-state index contributed by atoms with van der Waals surface area (Å²) in [6.07, 6.45) is 8.36. The van der Waals surface area contributed by atoms with Gasteiger partial charge in [0.25, 0.3) is 0 Å². The van der Waals surface area contributed by atoms with Gasteiger partial charge in [0.1, 0.15) is 0 Å². The molecule has 0 saturated carbocycles. The molecule has 1 heteroatoms. The Morgan fingerprint density at radius 3 is 1.93 bits per heavy atom. The van der Waals surface area contributed by atoms with Gasteiger partial charge in [-0.25, -0.2) is 0 Å². The van der Waals surface area contributed by atoms with Crippen molar-refractivity contribution >= 4 is 0 Å². The SMILES string of the molecule is CCC(C)C.CCCCCN1CCCC1. The Labute approximate surface area is 97.2 Å². The van der Waals surface area contributed by atoms with E-state index in [-0.39, 0.29) is 0 Å². The van der Waals surface area contributed by atoms with Crippen LogP contribution in [0.25, 0.3) is 0 Å². The van der Waals surface area contributed by atoms with Crippen LogP contribution < -0.4 is 0 Å². The first-order chi connectivity index (χ1) is 7.20. The molecule has 1 nitrogen and oxygen atoms in total. The summed E-state index contributed by atoms with van der Waals surface area (Å²) in [6, 6.07) is 0. The monoisotopic (exact) mass is 213 g/mol. The van der Waals surface area contributed by atoms with Crippen molar-refractivity contribution in [3.8, 4) is 0 Å². The molecular weight excluding hydrogens is 182 g/mol. The van der Waals surface area contributed by atoms with E-state index in [0.717, 1.165) is 5.92 Å². The van der Waals surface area contributed by atoms with Gasteiger partial charge in [-0.05, 0) is 44.8 Å². The van der Waals surface area contributed by atoms with Gasteiger partial charge >= 0.3 is 0 Å². The Morgan fingerprint density at radius 2 is 1.53 bits per heavy atom. The van der Waals surface area contributed by atoms with E-state index in [2.05, 4.69) is 32.6 Å². The fourth-order valence-corrected chi connectivity index (χ4v) is 1.59. The maximum atomic E-state index is 2.59. The van der Waals surface area contributed by atoms with Crippen LogP contribution in [0.15, 0.2) is 0 Å². The molecule has 0 N–H and O–H groups in total. The van der Waals surface area contributed by atoms with Gasteiger partial charge in [-0.1, -0.05) is 47.0 Å². The molecule has 15 heavy (non-hydrogen) atoms. The first kappa shape index (κ1) is 15.0. The Bertz CT molecular complexity index is 115. The Morgan fingerprint density at radius 1 is 1.00 bits per heavy atom. The summed E-state index contributed by atoms with van der Waals surface area (Å²) in [5.41, 5.74) is 0. The van der Waals surface area contributed by atoms with Gasteiger partial charge < -0.3 is 4.90 Å². The molecule has 92 valence electrons. The molecule has 0 aromatic heterocycles. The smallest absolute Gasteiger partial charge is 0.00183 e. The van der Waals surface area contributed by atoms with Crippen molar-refractivity contribution in [2.75, 3.05) is 19.6 Å². The molecule has 1 saturated heterocycles. The molecule has 0 aliphatic carbocycles. The molecule has 0 bridgehead atoms. The second kappa shape index (κ2) is 10.5. The van der Waals surface area contributed by atoms with Crippen LogP contribution in [0.1, 0.15) is 66.2 Å². The Kier molecular flexibility index (Phi) is 10.4. The van der Waals surface area contributed by atoms with E-state index >= 15 is 0 Å². The largest absolute Gasteiger partial charge is 0.303 e. The van der Waals surface area contributed by atoms with E-state index in [0.29, 0.717) is 0 Å². The van der Waals surface area contributed by atoms with Crippen LogP contribution in [0.4, 0.5) is 0 Å². The molecule has 0 aromatic carbocycles. The molecule has 0 aromatic rings. The van der Waals surface area contributed by atoms with E-state index in [1.165, 1.54) is 58.2 Å². The molecule has 1 heterocycles. The van der Waals surface area contributed by atoms with E-state index in [4.69, 9.17) is 0 Å². The zero-order chi connectivity index (χ0) is 11.5. The van der Waals surface area contributed by atoms with Crippen molar-refractivity contribution in [3.05, 3.63) is 0 Å². The second-order valence-corrected chi connectivity index (χ2v) is 5.06. The lowest BCUT2D eigenvalue weighted by Crippen LogP contribution is -2.20. The summed E-state index contributed by atoms with van der Waals surface area (Å²) in [7, 11) is 0. The van der Waals surface area contributed by atoms with E-state index in [1.54, 1.807) is 0 Å². The molecular formula is C14H31N. The number of rotatable bonds is 5. The van der Waals surface area contributed by atoms with Crippen LogP contribution in [0.2, 0.25) is 0 Å². The predicted octanol–water partition coefficient (Wildman–Crippen LogP) is 4.32. The average Bonchev–Trinajstić information content (AvgIpc) is 2.72. The third kappa shape index (κ3) is 10.2. The van der Waals surface area contributed by atoms with Crippen molar-refractivity contribution in [2.45, 2.75) is 66.2 Å². The fraction of sp³-hybridized carbons (Fsp3) is 1.00. The summed E-state index contributed by atoms with van der Waals surface area (Å²) in [5.74, 6) is 0.884. The van der Waals surface area contributed by atoms with Gasteiger partial charge in [-0.2, -0.15) is 0 Å². The highest BCUT2D eigenvalue weighted by Crippen LogP contribution is 2.08. The van der Waals surface area contributed by atoms with Crippen LogP contribution in [-0.4, -0.2) is 24.5 Å². The van der Waals surface area contributed by atoms with Crippen molar-refractivity contribution in [3.63, 3.8) is 0 Å². The van der Waals surface area contributed by atoms with Gasteiger partial charge in [-0.3, -0.25) is 0 Å². The predicted molar refractivity (Wildman–Crippen MR) is 70.3 cm³/mol. The van der Waals surface area contributed by atoms with Crippen LogP contribution >= 0.6 is 0 Å². The van der Waals surface area contributed by atoms with Gasteiger partial charge in [0.05, 0.1) is 0 Å². The zero-order valence-electron chi connectivity index (χ0n) is 11.4. The van der Waals surface area contributed by atoms with Gasteiger partial charge in [0, 0.05) is 0 Å². The molecule has 0 atom stereocenters. The fourth-order valence-electron chi connectivity index (χ4n) is 1.59. The number of unbranched alkanes of at least 4 members (excludes halogenated alkanes) is 2. The lowest BCUT2D eigenvalue weighted by Gasteiger charge is -2.12. The summed E-state index contributed by atoms with van der Waals surface area (Å²) in [5, 5.41) is 0. The number of nitrogens with zero attached hydrogens (tertiary/aromatic N) is 1. The number of hydrogen-bond donors (Lipinski definition) is 0. The van der Waals surface area contributed by atoms with Crippen LogP contribution in [0.3, 0.4) is 0 Å². The molecule has 0 amide bonds. The maximum Gasteiger partial charge on any atom is -0.00183 e. The van der Waals surface area contributed by atoms with Gasteiger partial charge in [0.15, 0.2) is 0 Å². The Hall–Kier alpha value is -0.0400. The van der Waals surface area contributed by atoms with Crippen molar-refractivity contribution in [1.29, 1.82) is 0 Å². The molecule has 1 aliphatic heterocycles. The topological polar surface area (TPSA) is 3.24 Å². The molecule has 0 radical (unpaired) electrons. The third-order valence-electron chi connectivity index (χ3n) is 3.09. The van der Waals surface area contributed by atoms with Gasteiger partial charge in [-0.15, -0.1) is 0 Å². The molecule has 1 aliphatic rings. The van der Waals surface area contributed by atoms with Crippen LogP contribution in [0, 0.1) is 5.92 Å². The summed E-state index contributed by atoms with van der Waals surface area (Å²) in [6.45, 7) is 13.0. The second-order valence-electron chi connectivity index (χ2n) is 5.06. The highest BCUT2D eigenvalue weighted by Gasteiger charge is 2.09. The summed E-state index contributed by atoms with van der Waals surface area (Å²) >= 11 is 0. The molecule has 1 fully saturated rings. The van der Waals surface area contributed by atoms with Crippen LogP contribution in [-0.2, 0) is 0 Å². The summed E-state index contributed by atoms with van der Waals surface area (Å²) in [4.78, 5) is 2.59. The summed E-state index contributed by atoms with van der Waals surface area (Å²) < 4.78 is 0. The van der Waals surface area contributed by atoms with Crippen LogP contribution in [0.5, 0.6) is 0 Å². The highest BCUT2D eigenvalue weighted by atomic mass is 15.1. The minimum absolute atomic E-state index is 0.884. The van der Waals surface area contributed by atoms with Crippen molar-refractivity contribution in [1.82, 2.24) is 4.90 Å². The molecule has 1 rings (SSSR count). The van der Waals surface area contributed by atoms with Gasteiger partial charge in [0.2, 0.25) is 0 Å². The van der Waals surface area contributed by atoms with Crippen molar-refractivity contribution in [2.24, 2.45) is 5.92 Å². The zero-order valence-corrected chi connectivity index (χ0v) is 11.4. The minimum atomic E-state index is 0.884. The number of likely N-dealkylation sites (tertiary alicyclic amines) is 1. The number of hydrogen-bond acceptors (Lipinski definition) is 1. The average molecular weight is 213 g/mol. The van der Waals surface area contributed by atoms with E-state index in [9.17, 15) is 0 Å². The Balaban J connectivity index is 0.000000336. The lowest BCUT2D eigenvalue weighted by molar-refractivity contribution is 0.329. The first-order valence-corrected chi connectivity index (χ1v) is 6.93. The van der Waals surface area contributed by atoms with E-state index in [1.807, 2.05) is 0 Å². The van der Waals surface area contributed by atoms with Crippen molar-refractivity contribution < 1.29 is 0 Å². The maximum absolute atomic E-state index is 2.59. The third-order valence-corrected chi connectivity index (χ3v) is 3.09. The highest BCUT2D eigenvalue weighted by molar-refractivity contribution is 4.65. The minimum Gasteiger partial charge on any atom is -0.303 e. The van der Waals surface area contributed by atoms with E-state index < -0.39 is 0 Å².